The summed E-state index contributed by atoms with van der Waals surface area (Å²) in [5.41, 5.74) is 8.99. The van der Waals surface area contributed by atoms with Crippen LogP contribution in [0.25, 0.3) is 0 Å². The summed E-state index contributed by atoms with van der Waals surface area (Å²) >= 11 is 7.61. The lowest BCUT2D eigenvalue weighted by Gasteiger charge is -2.28. The van der Waals surface area contributed by atoms with Crippen LogP contribution in [0.15, 0.2) is 83.8 Å². The minimum absolute atomic E-state index is 0.0355. The van der Waals surface area contributed by atoms with Gasteiger partial charge in [-0.15, -0.1) is 0 Å². The summed E-state index contributed by atoms with van der Waals surface area (Å²) in [5.74, 6) is 0.0424. The molecule has 5 nitrogen and oxygen atoms in total. The fourth-order valence-corrected chi connectivity index (χ4v) is 4.47. The zero-order valence-corrected chi connectivity index (χ0v) is 21.7. The standard InChI is InChI=1S/C28H32ClN3O2S/c1-3-20(2)18-27(34)32(17-16-26(33)31-35-23-12-8-5-9-13-23)25-15-14-22(29)19-24(25)28(30)21-10-6-4-7-11-21/h4-15,19-20,28H,3,16-18,30H2,1-2H3,(H,31,33). The van der Waals surface area contributed by atoms with E-state index in [0.717, 1.165) is 22.4 Å². The van der Waals surface area contributed by atoms with Crippen molar-refractivity contribution in [1.82, 2.24) is 4.72 Å². The monoisotopic (exact) mass is 509 g/mol. The van der Waals surface area contributed by atoms with Crippen molar-refractivity contribution in [3.8, 4) is 0 Å². The fraction of sp³-hybridized carbons (Fsp3) is 0.286. The number of carbonyl (C=O) groups excluding carboxylic acids is 2. The Balaban J connectivity index is 1.84. The van der Waals surface area contributed by atoms with Gasteiger partial charge in [0.25, 0.3) is 0 Å². The number of nitrogens with zero attached hydrogens (tertiary/aromatic N) is 1. The first-order valence-electron chi connectivity index (χ1n) is 11.8. The van der Waals surface area contributed by atoms with E-state index in [1.165, 1.54) is 11.9 Å². The van der Waals surface area contributed by atoms with E-state index in [2.05, 4.69) is 18.6 Å². The molecule has 2 atom stereocenters. The first-order chi connectivity index (χ1) is 16.9. The minimum Gasteiger partial charge on any atom is -0.320 e. The predicted octanol–water partition coefficient (Wildman–Crippen LogP) is 6.37. The highest BCUT2D eigenvalue weighted by Gasteiger charge is 2.24. The van der Waals surface area contributed by atoms with Crippen molar-refractivity contribution < 1.29 is 9.59 Å². The fourth-order valence-electron chi connectivity index (χ4n) is 3.66. The Bertz CT molecular complexity index is 1110. The van der Waals surface area contributed by atoms with Gasteiger partial charge in [-0.3, -0.25) is 14.3 Å². The van der Waals surface area contributed by atoms with E-state index in [0.29, 0.717) is 17.1 Å². The quantitative estimate of drug-likeness (QED) is 0.294. The topological polar surface area (TPSA) is 75.4 Å². The van der Waals surface area contributed by atoms with Gasteiger partial charge in [-0.25, -0.2) is 0 Å². The van der Waals surface area contributed by atoms with Gasteiger partial charge >= 0.3 is 0 Å². The zero-order valence-electron chi connectivity index (χ0n) is 20.1. The molecule has 3 rings (SSSR count). The number of benzene rings is 3. The van der Waals surface area contributed by atoms with E-state index >= 15 is 0 Å². The molecule has 3 N–H and O–H groups in total. The Morgan fingerprint density at radius 1 is 1.03 bits per heavy atom. The summed E-state index contributed by atoms with van der Waals surface area (Å²) < 4.78 is 2.86. The van der Waals surface area contributed by atoms with Crippen LogP contribution in [0, 0.1) is 5.92 Å². The maximum atomic E-state index is 13.4. The highest BCUT2D eigenvalue weighted by Crippen LogP contribution is 2.33. The molecule has 0 saturated carbocycles. The first kappa shape index (κ1) is 26.8. The molecule has 0 aliphatic rings. The second kappa shape index (κ2) is 13.3. The highest BCUT2D eigenvalue weighted by atomic mass is 35.5. The summed E-state index contributed by atoms with van der Waals surface area (Å²) in [6, 6.07) is 24.2. The van der Waals surface area contributed by atoms with Gasteiger partial charge in [-0.05, 0) is 59.3 Å². The van der Waals surface area contributed by atoms with E-state index in [4.69, 9.17) is 17.3 Å². The molecule has 0 aliphatic heterocycles. The lowest BCUT2D eigenvalue weighted by molar-refractivity contribution is -0.120. The lowest BCUT2D eigenvalue weighted by Crippen LogP contribution is -2.36. The predicted molar refractivity (Wildman–Crippen MR) is 145 cm³/mol. The average molecular weight is 510 g/mol. The number of nitrogens with one attached hydrogen (secondary N) is 1. The molecular weight excluding hydrogens is 478 g/mol. The molecule has 0 saturated heterocycles. The van der Waals surface area contributed by atoms with E-state index in [-0.39, 0.29) is 30.7 Å². The van der Waals surface area contributed by atoms with Gasteiger partial charge in [0.05, 0.1) is 6.04 Å². The number of anilines is 1. The van der Waals surface area contributed by atoms with Crippen LogP contribution in [0.4, 0.5) is 5.69 Å². The Kier molecular flexibility index (Phi) is 10.2. The number of hydrogen-bond donors (Lipinski definition) is 2. The molecule has 0 fully saturated rings. The summed E-state index contributed by atoms with van der Waals surface area (Å²) in [5, 5.41) is 0.543. The van der Waals surface area contributed by atoms with Crippen molar-refractivity contribution in [2.24, 2.45) is 11.7 Å². The van der Waals surface area contributed by atoms with E-state index < -0.39 is 6.04 Å². The summed E-state index contributed by atoms with van der Waals surface area (Å²) in [6.07, 6.45) is 1.44. The van der Waals surface area contributed by atoms with Crippen molar-refractivity contribution >= 4 is 41.1 Å². The number of amides is 2. The van der Waals surface area contributed by atoms with E-state index in [9.17, 15) is 9.59 Å². The molecule has 0 heterocycles. The third-order valence-electron chi connectivity index (χ3n) is 5.88. The summed E-state index contributed by atoms with van der Waals surface area (Å²) in [7, 11) is 0. The molecule has 184 valence electrons. The molecule has 2 amide bonds. The van der Waals surface area contributed by atoms with E-state index in [1.807, 2.05) is 72.8 Å². The Morgan fingerprint density at radius 3 is 2.34 bits per heavy atom. The van der Waals surface area contributed by atoms with Crippen LogP contribution in [0.2, 0.25) is 5.02 Å². The third kappa shape index (κ3) is 7.85. The Morgan fingerprint density at radius 2 is 1.69 bits per heavy atom. The van der Waals surface area contributed by atoms with Gasteiger partial charge in [-0.1, -0.05) is 80.4 Å². The van der Waals surface area contributed by atoms with Gasteiger partial charge < -0.3 is 10.6 Å². The normalized spacial score (nSPS) is 12.6. The van der Waals surface area contributed by atoms with Crippen LogP contribution in [-0.2, 0) is 9.59 Å². The van der Waals surface area contributed by atoms with Crippen molar-refractivity contribution in [3.05, 3.63) is 95.0 Å². The van der Waals surface area contributed by atoms with Crippen molar-refractivity contribution in [3.63, 3.8) is 0 Å². The minimum atomic E-state index is -0.466. The smallest absolute Gasteiger partial charge is 0.231 e. The first-order valence-corrected chi connectivity index (χ1v) is 13.0. The van der Waals surface area contributed by atoms with Gasteiger partial charge in [0.1, 0.15) is 0 Å². The van der Waals surface area contributed by atoms with Gasteiger partial charge in [0, 0.05) is 35.0 Å². The number of nitrogens with two attached hydrogens (primary N) is 1. The zero-order chi connectivity index (χ0) is 25.2. The summed E-state index contributed by atoms with van der Waals surface area (Å²) in [6.45, 7) is 4.36. The van der Waals surface area contributed by atoms with Crippen molar-refractivity contribution in [2.45, 2.75) is 44.0 Å². The number of halogens is 1. The average Bonchev–Trinajstić information content (AvgIpc) is 2.88. The van der Waals surface area contributed by atoms with Crippen LogP contribution in [-0.4, -0.2) is 18.4 Å². The highest BCUT2D eigenvalue weighted by molar-refractivity contribution is 7.98. The van der Waals surface area contributed by atoms with Gasteiger partial charge in [0.15, 0.2) is 0 Å². The number of hydrogen-bond acceptors (Lipinski definition) is 4. The maximum absolute atomic E-state index is 13.4. The molecule has 0 aromatic heterocycles. The van der Waals surface area contributed by atoms with Gasteiger partial charge in [-0.2, -0.15) is 0 Å². The molecular formula is C28H32ClN3O2S. The molecule has 35 heavy (non-hydrogen) atoms. The number of rotatable bonds is 11. The SMILES string of the molecule is CCC(C)CC(=O)N(CCC(=O)NSc1ccccc1)c1ccc(Cl)cc1C(N)c1ccccc1. The molecule has 0 aliphatic carbocycles. The van der Waals surface area contributed by atoms with Crippen LogP contribution in [0.3, 0.4) is 0 Å². The van der Waals surface area contributed by atoms with Crippen LogP contribution in [0.1, 0.15) is 50.3 Å². The molecule has 2 unspecified atom stereocenters. The Hall–Kier alpha value is -2.80. The maximum Gasteiger partial charge on any atom is 0.231 e. The van der Waals surface area contributed by atoms with Crippen molar-refractivity contribution in [1.29, 1.82) is 0 Å². The van der Waals surface area contributed by atoms with Gasteiger partial charge in [0.2, 0.25) is 11.8 Å². The summed E-state index contributed by atoms with van der Waals surface area (Å²) in [4.78, 5) is 28.7. The molecule has 0 bridgehead atoms. The molecule has 3 aromatic rings. The molecule has 0 radical (unpaired) electrons. The van der Waals surface area contributed by atoms with Crippen LogP contribution in [0.5, 0.6) is 0 Å². The molecule has 7 heteroatoms. The van der Waals surface area contributed by atoms with E-state index in [1.54, 1.807) is 11.0 Å². The second-order valence-electron chi connectivity index (χ2n) is 8.54. The van der Waals surface area contributed by atoms with Crippen LogP contribution >= 0.6 is 23.5 Å². The van der Waals surface area contributed by atoms with Crippen molar-refractivity contribution in [2.75, 3.05) is 11.4 Å². The van der Waals surface area contributed by atoms with Crippen LogP contribution < -0.4 is 15.4 Å². The molecule has 0 spiro atoms. The second-order valence-corrected chi connectivity index (χ2v) is 9.86. The Labute approximate surface area is 217 Å². The number of carbonyl (C=O) groups is 2. The third-order valence-corrected chi connectivity index (χ3v) is 6.96. The molecule has 3 aromatic carbocycles. The lowest BCUT2D eigenvalue weighted by atomic mass is 9.96. The largest absolute Gasteiger partial charge is 0.320 e.